The summed E-state index contributed by atoms with van der Waals surface area (Å²) < 4.78 is 8.06. The Morgan fingerprint density at radius 1 is 1.25 bits per heavy atom. The number of rotatable bonds is 6. The lowest BCUT2D eigenvalue weighted by Gasteiger charge is -2.07. The highest BCUT2D eigenvalue weighted by atomic mass is 35.5. The molecule has 1 aromatic heterocycles. The minimum absolute atomic E-state index is 0.0911. The second-order valence-corrected chi connectivity index (χ2v) is 7.46. The highest BCUT2D eigenvalue weighted by Crippen LogP contribution is 2.32. The number of aromatic nitrogens is 1. The molecule has 10 heteroatoms. The van der Waals surface area contributed by atoms with E-state index in [4.69, 9.17) is 27.9 Å². The number of fused-ring (bicyclic) bond motifs is 1. The van der Waals surface area contributed by atoms with E-state index in [0.29, 0.717) is 40.1 Å². The van der Waals surface area contributed by atoms with Crippen LogP contribution in [-0.4, -0.2) is 28.6 Å². The number of nitro benzene ring substituents is 1. The van der Waals surface area contributed by atoms with Crippen LogP contribution in [0.15, 0.2) is 41.4 Å². The van der Waals surface area contributed by atoms with Crippen molar-refractivity contribution in [1.82, 2.24) is 4.57 Å². The Morgan fingerprint density at radius 2 is 1.96 bits per heavy atom. The lowest BCUT2D eigenvalue weighted by molar-refractivity contribution is -0.384. The summed E-state index contributed by atoms with van der Waals surface area (Å²) in [6.45, 7) is 3.32. The average Bonchev–Trinajstić information content (AvgIpc) is 3.03. The predicted molar refractivity (Wildman–Crippen MR) is 109 cm³/mol. The van der Waals surface area contributed by atoms with E-state index in [1.54, 1.807) is 10.6 Å². The fraction of sp³-hybridized carbons (Fsp3) is 0.222. The zero-order valence-electron chi connectivity index (χ0n) is 14.7. The lowest BCUT2D eigenvalue weighted by atomic mass is 10.2. The molecule has 28 heavy (non-hydrogen) atoms. The van der Waals surface area contributed by atoms with Crippen molar-refractivity contribution in [3.05, 3.63) is 66.9 Å². The zero-order valence-corrected chi connectivity index (χ0v) is 17.1. The molecule has 1 heterocycles. The first-order valence-electron chi connectivity index (χ1n) is 8.31. The smallest absolute Gasteiger partial charge is 0.279 e. The number of non-ortho nitro benzene ring substituents is 1. The van der Waals surface area contributed by atoms with E-state index >= 15 is 0 Å². The number of amides is 1. The second-order valence-electron chi connectivity index (χ2n) is 5.66. The van der Waals surface area contributed by atoms with Crippen molar-refractivity contribution in [2.75, 3.05) is 13.2 Å². The van der Waals surface area contributed by atoms with Gasteiger partial charge in [0.25, 0.3) is 11.6 Å². The van der Waals surface area contributed by atoms with Gasteiger partial charge < -0.3 is 9.30 Å². The summed E-state index contributed by atoms with van der Waals surface area (Å²) in [5.41, 5.74) is 0.851. The van der Waals surface area contributed by atoms with Crippen LogP contribution in [0.4, 0.5) is 5.69 Å². The van der Waals surface area contributed by atoms with Gasteiger partial charge in [-0.3, -0.25) is 14.9 Å². The normalized spacial score (nSPS) is 11.9. The predicted octanol–water partition coefficient (Wildman–Crippen LogP) is 4.70. The van der Waals surface area contributed by atoms with Gasteiger partial charge >= 0.3 is 0 Å². The molecule has 0 radical (unpaired) electrons. The fourth-order valence-corrected chi connectivity index (χ4v) is 4.11. The number of thiazole rings is 1. The molecule has 0 unspecified atom stereocenters. The van der Waals surface area contributed by atoms with E-state index in [1.165, 1.54) is 35.6 Å². The Bertz CT molecular complexity index is 1110. The molecule has 0 N–H and O–H groups in total. The molecule has 2 aromatic carbocycles. The van der Waals surface area contributed by atoms with Crippen molar-refractivity contribution in [3.8, 4) is 0 Å². The summed E-state index contributed by atoms with van der Waals surface area (Å²) in [6.07, 6.45) is 0. The number of halogens is 2. The van der Waals surface area contributed by atoms with Crippen LogP contribution in [0.2, 0.25) is 10.0 Å². The maximum atomic E-state index is 12.6. The van der Waals surface area contributed by atoms with Gasteiger partial charge in [-0.2, -0.15) is 4.99 Å². The van der Waals surface area contributed by atoms with E-state index < -0.39 is 10.8 Å². The third kappa shape index (κ3) is 4.25. The molecule has 146 valence electrons. The first-order chi connectivity index (χ1) is 13.4. The summed E-state index contributed by atoms with van der Waals surface area (Å²) in [5.74, 6) is -0.506. The molecule has 0 atom stereocenters. The third-order valence-corrected chi connectivity index (χ3v) is 5.76. The van der Waals surface area contributed by atoms with Crippen LogP contribution in [0.1, 0.15) is 17.3 Å². The largest absolute Gasteiger partial charge is 0.380 e. The molecule has 3 aromatic rings. The fourth-order valence-electron chi connectivity index (χ4n) is 2.57. The van der Waals surface area contributed by atoms with Gasteiger partial charge in [0.1, 0.15) is 0 Å². The molecule has 1 amide bonds. The van der Waals surface area contributed by atoms with Gasteiger partial charge in [-0.25, -0.2) is 0 Å². The molecule has 7 nitrogen and oxygen atoms in total. The molecule has 0 bridgehead atoms. The summed E-state index contributed by atoms with van der Waals surface area (Å²) in [7, 11) is 0. The number of benzene rings is 2. The molecular formula is C18H15Cl2N3O4S. The van der Waals surface area contributed by atoms with Gasteiger partial charge in [0.15, 0.2) is 4.80 Å². The number of hydrogen-bond acceptors (Lipinski definition) is 5. The molecule has 0 aliphatic rings. The van der Waals surface area contributed by atoms with Crippen molar-refractivity contribution in [1.29, 1.82) is 0 Å². The van der Waals surface area contributed by atoms with Crippen LogP contribution in [0.25, 0.3) is 10.2 Å². The van der Waals surface area contributed by atoms with Gasteiger partial charge in [0.2, 0.25) is 0 Å². The summed E-state index contributed by atoms with van der Waals surface area (Å²) in [5, 5.41) is 11.6. The van der Waals surface area contributed by atoms with Crippen molar-refractivity contribution in [2.24, 2.45) is 4.99 Å². The molecule has 0 fully saturated rings. The number of hydrogen-bond donors (Lipinski definition) is 0. The maximum absolute atomic E-state index is 12.6. The van der Waals surface area contributed by atoms with Gasteiger partial charge in [-0.1, -0.05) is 34.5 Å². The van der Waals surface area contributed by atoms with E-state index in [1.807, 2.05) is 13.0 Å². The minimum atomic E-state index is -0.523. The highest BCUT2D eigenvalue weighted by Gasteiger charge is 2.14. The molecule has 0 saturated carbocycles. The molecule has 0 spiro atoms. The zero-order chi connectivity index (χ0) is 20.3. The molecule has 0 aliphatic heterocycles. The van der Waals surface area contributed by atoms with Crippen LogP contribution in [0, 0.1) is 10.1 Å². The van der Waals surface area contributed by atoms with Crippen molar-refractivity contribution < 1.29 is 14.5 Å². The quantitative estimate of drug-likeness (QED) is 0.316. The van der Waals surface area contributed by atoms with Crippen molar-refractivity contribution in [2.45, 2.75) is 13.5 Å². The van der Waals surface area contributed by atoms with Gasteiger partial charge in [-0.05, 0) is 31.2 Å². The van der Waals surface area contributed by atoms with E-state index in [-0.39, 0.29) is 11.3 Å². The van der Waals surface area contributed by atoms with Gasteiger partial charge in [0.05, 0.1) is 31.8 Å². The lowest BCUT2D eigenvalue weighted by Crippen LogP contribution is -2.20. The van der Waals surface area contributed by atoms with Crippen molar-refractivity contribution >= 4 is 56.3 Å². The maximum Gasteiger partial charge on any atom is 0.279 e. The Hall–Kier alpha value is -2.26. The molecule has 0 aliphatic carbocycles. The van der Waals surface area contributed by atoms with Crippen molar-refractivity contribution in [3.63, 3.8) is 0 Å². The first-order valence-corrected chi connectivity index (χ1v) is 9.88. The summed E-state index contributed by atoms with van der Waals surface area (Å²) in [4.78, 5) is 27.5. The second kappa shape index (κ2) is 8.83. The van der Waals surface area contributed by atoms with Crippen LogP contribution >= 0.6 is 34.5 Å². The Morgan fingerprint density at radius 3 is 2.61 bits per heavy atom. The molecular weight excluding hydrogens is 425 g/mol. The minimum Gasteiger partial charge on any atom is -0.380 e. The summed E-state index contributed by atoms with van der Waals surface area (Å²) in [6, 6.07) is 8.82. The monoisotopic (exact) mass is 439 g/mol. The average molecular weight is 440 g/mol. The van der Waals surface area contributed by atoms with E-state index in [0.717, 1.165) is 4.70 Å². The highest BCUT2D eigenvalue weighted by molar-refractivity contribution is 7.16. The van der Waals surface area contributed by atoms with Crippen LogP contribution in [0.3, 0.4) is 0 Å². The number of carbonyl (C=O) groups is 1. The van der Waals surface area contributed by atoms with Crippen LogP contribution < -0.4 is 4.80 Å². The van der Waals surface area contributed by atoms with Crippen LogP contribution in [0.5, 0.6) is 0 Å². The topological polar surface area (TPSA) is 86.7 Å². The number of nitrogens with zero attached hydrogens (tertiary/aromatic N) is 3. The standard InChI is InChI=1S/C18H15Cl2N3O4S/c1-2-27-10-9-22-16-14(8-7-13(19)15(16)20)28-18(22)21-17(24)11-3-5-12(6-4-11)23(25)26/h3-8H,2,9-10H2,1H3. The van der Waals surface area contributed by atoms with Gasteiger partial charge in [0, 0.05) is 30.8 Å². The SMILES string of the molecule is CCOCCn1c(=NC(=O)c2ccc([N+](=O)[O-])cc2)sc2ccc(Cl)c(Cl)c21. The Labute approximate surface area is 173 Å². The third-order valence-electron chi connectivity index (χ3n) is 3.92. The van der Waals surface area contributed by atoms with E-state index in [9.17, 15) is 14.9 Å². The summed E-state index contributed by atoms with van der Waals surface area (Å²) >= 11 is 13.8. The molecule has 0 saturated heterocycles. The van der Waals surface area contributed by atoms with Gasteiger partial charge in [-0.15, -0.1) is 0 Å². The number of carbonyl (C=O) groups excluding carboxylic acids is 1. The molecule has 3 rings (SSSR count). The number of nitro groups is 1. The number of ether oxygens (including phenoxy) is 1. The van der Waals surface area contributed by atoms with E-state index in [2.05, 4.69) is 4.99 Å². The Balaban J connectivity index is 2.07. The first kappa shape index (κ1) is 20.5. The van der Waals surface area contributed by atoms with Crippen LogP contribution in [-0.2, 0) is 11.3 Å². The Kier molecular flexibility index (Phi) is 6.46.